The number of anilines is 1. The van der Waals surface area contributed by atoms with Gasteiger partial charge in [0.05, 0.1) is 6.10 Å². The van der Waals surface area contributed by atoms with Crippen LogP contribution in [0.4, 0.5) is 5.69 Å². The first-order valence-electron chi connectivity index (χ1n) is 4.26. The Balaban J connectivity index is 2.44. The Bertz CT molecular complexity index is 260. The molecule has 0 spiro atoms. The Kier molecular flexibility index (Phi) is 3.71. The number of nitrogens with two attached hydrogens (primary N) is 1. The zero-order valence-corrected chi connectivity index (χ0v) is 8.84. The number of hydrogen-bond donors (Lipinski definition) is 2. The normalized spacial score (nSPS) is 13.5. The molecule has 1 atom stereocenters. The summed E-state index contributed by atoms with van der Waals surface area (Å²) in [5.74, 6) is 0. The number of thiophene rings is 1. The van der Waals surface area contributed by atoms with Gasteiger partial charge in [-0.1, -0.05) is 0 Å². The second-order valence-corrected chi connectivity index (χ2v) is 4.33. The van der Waals surface area contributed by atoms with E-state index < -0.39 is 0 Å². The largest absolute Gasteiger partial charge is 0.398 e. The number of rotatable bonds is 4. The van der Waals surface area contributed by atoms with Gasteiger partial charge in [-0.2, -0.15) is 0 Å². The summed E-state index contributed by atoms with van der Waals surface area (Å²) >= 11 is 1.52. The third kappa shape index (κ3) is 3.34. The maximum Gasteiger partial charge on any atom is 0.0894 e. The van der Waals surface area contributed by atoms with E-state index in [4.69, 9.17) is 5.73 Å². The Labute approximate surface area is 82.8 Å². The van der Waals surface area contributed by atoms with Crippen molar-refractivity contribution >= 4 is 17.0 Å². The lowest BCUT2D eigenvalue weighted by atomic mass is 10.2. The minimum atomic E-state index is -0.371. The Morgan fingerprint density at radius 1 is 1.62 bits per heavy atom. The van der Waals surface area contributed by atoms with Gasteiger partial charge in [-0.05, 0) is 26.6 Å². The summed E-state index contributed by atoms with van der Waals surface area (Å²) in [6, 6.07) is 1.84. The molecule has 1 unspecified atom stereocenters. The van der Waals surface area contributed by atoms with Gasteiger partial charge < -0.3 is 15.7 Å². The van der Waals surface area contributed by atoms with E-state index in [1.165, 1.54) is 11.3 Å². The molecule has 0 aliphatic carbocycles. The van der Waals surface area contributed by atoms with Gasteiger partial charge in [0.2, 0.25) is 0 Å². The molecule has 1 aromatic rings. The average Bonchev–Trinajstić information content (AvgIpc) is 2.47. The highest BCUT2D eigenvalue weighted by atomic mass is 32.1. The molecule has 3 N–H and O–H groups in total. The van der Waals surface area contributed by atoms with Gasteiger partial charge in [0.25, 0.3) is 0 Å². The molecule has 0 amide bonds. The van der Waals surface area contributed by atoms with Crippen LogP contribution >= 0.6 is 11.3 Å². The van der Waals surface area contributed by atoms with E-state index in [1.807, 2.05) is 25.5 Å². The fourth-order valence-corrected chi connectivity index (χ4v) is 1.89. The monoisotopic (exact) mass is 200 g/mol. The lowest BCUT2D eigenvalue weighted by Gasteiger charge is -2.12. The highest BCUT2D eigenvalue weighted by molar-refractivity contribution is 7.10. The zero-order valence-electron chi connectivity index (χ0n) is 8.03. The SMILES string of the molecule is CN(C)CCC(O)c1cc(N)cs1. The molecule has 4 heteroatoms. The summed E-state index contributed by atoms with van der Waals surface area (Å²) < 4.78 is 0. The Morgan fingerprint density at radius 2 is 2.31 bits per heavy atom. The summed E-state index contributed by atoms with van der Waals surface area (Å²) in [5.41, 5.74) is 6.30. The predicted octanol–water partition coefficient (Wildman–Crippen LogP) is 1.32. The molecule has 74 valence electrons. The Morgan fingerprint density at radius 3 is 2.77 bits per heavy atom. The van der Waals surface area contributed by atoms with Crippen LogP contribution in [0.5, 0.6) is 0 Å². The molecule has 1 heterocycles. The minimum Gasteiger partial charge on any atom is -0.398 e. The first kappa shape index (κ1) is 10.5. The number of aliphatic hydroxyl groups excluding tert-OH is 1. The highest BCUT2D eigenvalue weighted by Gasteiger charge is 2.09. The van der Waals surface area contributed by atoms with Gasteiger partial charge in [0.15, 0.2) is 0 Å². The van der Waals surface area contributed by atoms with Gasteiger partial charge in [-0.25, -0.2) is 0 Å². The molecule has 1 rings (SSSR count). The molecular formula is C9H16N2OS. The van der Waals surface area contributed by atoms with Crippen molar-refractivity contribution in [2.24, 2.45) is 0 Å². The van der Waals surface area contributed by atoms with E-state index in [2.05, 4.69) is 4.90 Å². The van der Waals surface area contributed by atoms with E-state index in [9.17, 15) is 5.11 Å². The van der Waals surface area contributed by atoms with Gasteiger partial charge in [-0.15, -0.1) is 11.3 Å². The molecule has 0 bridgehead atoms. The molecule has 1 aromatic heterocycles. The topological polar surface area (TPSA) is 49.5 Å². The average molecular weight is 200 g/mol. The molecule has 0 fully saturated rings. The quantitative estimate of drug-likeness (QED) is 0.770. The Hall–Kier alpha value is -0.580. The van der Waals surface area contributed by atoms with Crippen LogP contribution in [0.1, 0.15) is 17.4 Å². The van der Waals surface area contributed by atoms with E-state index in [-0.39, 0.29) is 6.10 Å². The van der Waals surface area contributed by atoms with Crippen LogP contribution in [-0.2, 0) is 0 Å². The van der Waals surface area contributed by atoms with Crippen molar-refractivity contribution in [3.8, 4) is 0 Å². The van der Waals surface area contributed by atoms with Crippen molar-refractivity contribution in [3.05, 3.63) is 16.3 Å². The van der Waals surface area contributed by atoms with E-state index in [0.29, 0.717) is 0 Å². The van der Waals surface area contributed by atoms with Crippen molar-refractivity contribution in [1.29, 1.82) is 0 Å². The highest BCUT2D eigenvalue weighted by Crippen LogP contribution is 2.25. The fraction of sp³-hybridized carbons (Fsp3) is 0.556. The first-order chi connectivity index (χ1) is 6.09. The maximum absolute atomic E-state index is 9.71. The number of nitrogens with zero attached hydrogens (tertiary/aromatic N) is 1. The van der Waals surface area contributed by atoms with Crippen LogP contribution in [0.25, 0.3) is 0 Å². The summed E-state index contributed by atoms with van der Waals surface area (Å²) in [6.07, 6.45) is 0.386. The van der Waals surface area contributed by atoms with Crippen molar-refractivity contribution in [3.63, 3.8) is 0 Å². The summed E-state index contributed by atoms with van der Waals surface area (Å²) in [6.45, 7) is 0.888. The summed E-state index contributed by atoms with van der Waals surface area (Å²) in [4.78, 5) is 3.01. The van der Waals surface area contributed by atoms with E-state index in [0.717, 1.165) is 23.5 Å². The van der Waals surface area contributed by atoms with Gasteiger partial charge >= 0.3 is 0 Å². The third-order valence-electron chi connectivity index (χ3n) is 1.82. The molecule has 3 nitrogen and oxygen atoms in total. The van der Waals surface area contributed by atoms with Crippen LogP contribution in [0.2, 0.25) is 0 Å². The van der Waals surface area contributed by atoms with Crippen LogP contribution < -0.4 is 5.73 Å². The van der Waals surface area contributed by atoms with Crippen molar-refractivity contribution < 1.29 is 5.11 Å². The molecular weight excluding hydrogens is 184 g/mol. The van der Waals surface area contributed by atoms with Crippen molar-refractivity contribution in [1.82, 2.24) is 4.90 Å². The number of aliphatic hydroxyl groups is 1. The smallest absolute Gasteiger partial charge is 0.0894 e. The van der Waals surface area contributed by atoms with E-state index in [1.54, 1.807) is 0 Å². The van der Waals surface area contributed by atoms with Gasteiger partial charge in [0.1, 0.15) is 0 Å². The fourth-order valence-electron chi connectivity index (χ4n) is 1.07. The van der Waals surface area contributed by atoms with Crippen LogP contribution in [-0.4, -0.2) is 30.6 Å². The molecule has 0 radical (unpaired) electrons. The third-order valence-corrected chi connectivity index (χ3v) is 2.87. The molecule has 0 aromatic carbocycles. The lowest BCUT2D eigenvalue weighted by molar-refractivity contribution is 0.158. The molecule has 0 aliphatic heterocycles. The predicted molar refractivity (Wildman–Crippen MR) is 56.9 cm³/mol. The second-order valence-electron chi connectivity index (χ2n) is 3.39. The van der Waals surface area contributed by atoms with Gasteiger partial charge in [0, 0.05) is 22.5 Å². The number of nitrogen functional groups attached to an aromatic ring is 1. The van der Waals surface area contributed by atoms with Crippen molar-refractivity contribution in [2.45, 2.75) is 12.5 Å². The van der Waals surface area contributed by atoms with Crippen LogP contribution in [0.3, 0.4) is 0 Å². The van der Waals surface area contributed by atoms with E-state index >= 15 is 0 Å². The zero-order chi connectivity index (χ0) is 9.84. The standard InChI is InChI=1S/C9H16N2OS/c1-11(2)4-3-8(12)9-5-7(10)6-13-9/h5-6,8,12H,3-4,10H2,1-2H3. The molecule has 0 saturated heterocycles. The molecule has 0 saturated carbocycles. The summed E-state index contributed by atoms with van der Waals surface area (Å²) in [7, 11) is 3.99. The minimum absolute atomic E-state index is 0.371. The number of hydrogen-bond acceptors (Lipinski definition) is 4. The summed E-state index contributed by atoms with van der Waals surface area (Å²) in [5, 5.41) is 11.6. The maximum atomic E-state index is 9.71. The van der Waals surface area contributed by atoms with Crippen LogP contribution in [0.15, 0.2) is 11.4 Å². The van der Waals surface area contributed by atoms with Gasteiger partial charge in [-0.3, -0.25) is 0 Å². The second kappa shape index (κ2) is 4.60. The molecule has 13 heavy (non-hydrogen) atoms. The first-order valence-corrected chi connectivity index (χ1v) is 5.14. The van der Waals surface area contributed by atoms with Crippen LogP contribution in [0, 0.1) is 0 Å². The lowest BCUT2D eigenvalue weighted by Crippen LogP contribution is -2.15. The molecule has 0 aliphatic rings. The van der Waals surface area contributed by atoms with Crippen molar-refractivity contribution in [2.75, 3.05) is 26.4 Å².